The van der Waals surface area contributed by atoms with Gasteiger partial charge in [-0.15, -0.1) is 0 Å². The van der Waals surface area contributed by atoms with E-state index in [0.29, 0.717) is 16.6 Å². The Morgan fingerprint density at radius 1 is 1.32 bits per heavy atom. The maximum atomic E-state index is 13.8. The summed E-state index contributed by atoms with van der Waals surface area (Å²) in [7, 11) is 0. The summed E-state index contributed by atoms with van der Waals surface area (Å²) >= 11 is 6.52. The van der Waals surface area contributed by atoms with Gasteiger partial charge >= 0.3 is 0 Å². The molecular weight excluding hydrogens is 335 g/mol. The van der Waals surface area contributed by atoms with Crippen LogP contribution >= 0.6 is 11.6 Å². The van der Waals surface area contributed by atoms with Gasteiger partial charge in [0, 0.05) is 29.5 Å². The summed E-state index contributed by atoms with van der Waals surface area (Å²) in [4.78, 5) is 6.69. The number of benzene rings is 2. The van der Waals surface area contributed by atoms with Crippen molar-refractivity contribution in [1.29, 1.82) is 0 Å². The molecule has 1 atom stereocenters. The Morgan fingerprint density at radius 2 is 2.04 bits per heavy atom. The maximum absolute atomic E-state index is 13.8. The van der Waals surface area contributed by atoms with Crippen LogP contribution in [-0.4, -0.2) is 18.3 Å². The molecule has 1 aliphatic rings. The van der Waals surface area contributed by atoms with Crippen LogP contribution in [0.1, 0.15) is 51.2 Å². The van der Waals surface area contributed by atoms with Gasteiger partial charge in [-0.25, -0.2) is 4.39 Å². The lowest BCUT2D eigenvalue weighted by Crippen LogP contribution is -2.48. The Balaban J connectivity index is 2.02. The monoisotopic (exact) mass is 358 g/mol. The van der Waals surface area contributed by atoms with E-state index in [1.807, 2.05) is 6.07 Å². The first-order valence-electron chi connectivity index (χ1n) is 8.73. The van der Waals surface area contributed by atoms with Gasteiger partial charge in [0.1, 0.15) is 5.82 Å². The molecule has 0 bridgehead atoms. The van der Waals surface area contributed by atoms with Gasteiger partial charge in [0.05, 0.1) is 10.7 Å². The Labute approximate surface area is 154 Å². The minimum atomic E-state index is -0.333. The minimum Gasteiger partial charge on any atom is -0.366 e. The number of hydrogen-bond donors (Lipinski definition) is 0. The summed E-state index contributed by atoms with van der Waals surface area (Å²) in [6, 6.07) is 10.6. The zero-order valence-electron chi connectivity index (χ0n) is 15.2. The largest absolute Gasteiger partial charge is 0.366 e. The molecular formula is C21H24ClFN2. The van der Waals surface area contributed by atoms with Crippen LogP contribution in [0, 0.1) is 5.82 Å². The first-order chi connectivity index (χ1) is 11.8. The van der Waals surface area contributed by atoms with Gasteiger partial charge in [0.2, 0.25) is 0 Å². The standard InChI is InChI=1S/C21H24ClFN2/c1-5-25-20-11-17(22)15(10-16(20)14(2)12-21(25,3)4)13-24-19-9-7-6-8-18(19)23/h6-11,13-14H,5,12H2,1-4H3. The Hall–Kier alpha value is -1.87. The van der Waals surface area contributed by atoms with Gasteiger partial charge in [-0.1, -0.05) is 30.7 Å². The van der Waals surface area contributed by atoms with Crippen molar-refractivity contribution in [2.45, 2.75) is 45.6 Å². The van der Waals surface area contributed by atoms with E-state index in [1.165, 1.54) is 17.3 Å². The Morgan fingerprint density at radius 3 is 2.72 bits per heavy atom. The zero-order chi connectivity index (χ0) is 18.2. The van der Waals surface area contributed by atoms with E-state index in [0.717, 1.165) is 18.5 Å². The first kappa shape index (κ1) is 17.9. The highest BCUT2D eigenvalue weighted by Gasteiger charge is 2.35. The molecule has 0 saturated heterocycles. The van der Waals surface area contributed by atoms with E-state index in [-0.39, 0.29) is 11.4 Å². The molecule has 2 aromatic carbocycles. The van der Waals surface area contributed by atoms with Crippen molar-refractivity contribution < 1.29 is 4.39 Å². The molecule has 0 N–H and O–H groups in total. The molecule has 25 heavy (non-hydrogen) atoms. The Bertz CT molecular complexity index is 814. The summed E-state index contributed by atoms with van der Waals surface area (Å²) in [5.74, 6) is 0.103. The van der Waals surface area contributed by atoms with E-state index >= 15 is 0 Å². The smallest absolute Gasteiger partial charge is 0.148 e. The molecule has 0 aliphatic carbocycles. The molecule has 0 fully saturated rings. The van der Waals surface area contributed by atoms with Crippen molar-refractivity contribution >= 4 is 29.2 Å². The fraction of sp³-hybridized carbons (Fsp3) is 0.381. The van der Waals surface area contributed by atoms with Crippen LogP contribution in [0.15, 0.2) is 41.4 Å². The number of fused-ring (bicyclic) bond motifs is 1. The molecule has 0 amide bonds. The lowest BCUT2D eigenvalue weighted by Gasteiger charge is -2.47. The maximum Gasteiger partial charge on any atom is 0.148 e. The van der Waals surface area contributed by atoms with Gasteiger partial charge < -0.3 is 4.90 Å². The predicted octanol–water partition coefficient (Wildman–Crippen LogP) is 6.34. The van der Waals surface area contributed by atoms with Gasteiger partial charge in [-0.2, -0.15) is 0 Å². The third-order valence-corrected chi connectivity index (χ3v) is 5.34. The molecule has 3 rings (SSSR count). The SMILES string of the molecule is CCN1c2cc(Cl)c(C=Nc3ccccc3F)cc2C(C)CC1(C)C. The molecule has 0 aromatic heterocycles. The number of rotatable bonds is 3. The highest BCUT2D eigenvalue weighted by atomic mass is 35.5. The molecule has 1 aliphatic heterocycles. The fourth-order valence-corrected chi connectivity index (χ4v) is 4.12. The number of nitrogens with zero attached hydrogens (tertiary/aromatic N) is 2. The van der Waals surface area contributed by atoms with E-state index in [2.05, 4.69) is 43.7 Å². The fourth-order valence-electron chi connectivity index (χ4n) is 3.91. The second-order valence-corrected chi connectivity index (χ2v) is 7.71. The van der Waals surface area contributed by atoms with Crippen molar-refractivity contribution in [2.24, 2.45) is 4.99 Å². The third-order valence-electron chi connectivity index (χ3n) is 5.02. The normalized spacial score (nSPS) is 19.3. The van der Waals surface area contributed by atoms with Crippen LogP contribution in [-0.2, 0) is 0 Å². The molecule has 2 nitrogen and oxygen atoms in total. The summed E-state index contributed by atoms with van der Waals surface area (Å²) in [5.41, 5.74) is 3.72. The van der Waals surface area contributed by atoms with Crippen molar-refractivity contribution in [3.8, 4) is 0 Å². The van der Waals surface area contributed by atoms with Gasteiger partial charge in [-0.05, 0) is 62.9 Å². The molecule has 2 aromatic rings. The second kappa shape index (κ2) is 6.80. The van der Waals surface area contributed by atoms with Gasteiger partial charge in [0.15, 0.2) is 0 Å². The Kier molecular flexibility index (Phi) is 4.88. The molecule has 132 valence electrons. The summed E-state index contributed by atoms with van der Waals surface area (Å²) in [6.45, 7) is 9.91. The van der Waals surface area contributed by atoms with Crippen LogP contribution in [0.25, 0.3) is 0 Å². The first-order valence-corrected chi connectivity index (χ1v) is 9.11. The van der Waals surface area contributed by atoms with Crippen molar-refractivity contribution in [2.75, 3.05) is 11.4 Å². The number of anilines is 1. The highest BCUT2D eigenvalue weighted by molar-refractivity contribution is 6.33. The van der Waals surface area contributed by atoms with E-state index in [1.54, 1.807) is 24.4 Å². The predicted molar refractivity (Wildman–Crippen MR) is 105 cm³/mol. The van der Waals surface area contributed by atoms with E-state index < -0.39 is 0 Å². The van der Waals surface area contributed by atoms with Crippen LogP contribution < -0.4 is 4.90 Å². The molecule has 1 unspecified atom stereocenters. The number of hydrogen-bond acceptors (Lipinski definition) is 2. The lowest BCUT2D eigenvalue weighted by atomic mass is 9.79. The van der Waals surface area contributed by atoms with Gasteiger partial charge in [-0.3, -0.25) is 4.99 Å². The van der Waals surface area contributed by atoms with Crippen molar-refractivity contribution in [3.05, 3.63) is 58.4 Å². The molecule has 0 spiro atoms. The summed E-state index contributed by atoms with van der Waals surface area (Å²) < 4.78 is 13.8. The topological polar surface area (TPSA) is 15.6 Å². The van der Waals surface area contributed by atoms with Crippen LogP contribution in [0.5, 0.6) is 0 Å². The molecule has 0 radical (unpaired) electrons. The summed E-state index contributed by atoms with van der Waals surface area (Å²) in [6.07, 6.45) is 2.74. The quantitative estimate of drug-likeness (QED) is 0.584. The molecule has 1 heterocycles. The molecule has 4 heteroatoms. The lowest BCUT2D eigenvalue weighted by molar-refractivity contribution is 0.381. The van der Waals surface area contributed by atoms with Crippen LogP contribution in [0.2, 0.25) is 5.02 Å². The number of halogens is 2. The van der Waals surface area contributed by atoms with Gasteiger partial charge in [0.25, 0.3) is 0 Å². The van der Waals surface area contributed by atoms with E-state index in [9.17, 15) is 4.39 Å². The third kappa shape index (κ3) is 3.43. The van der Waals surface area contributed by atoms with Crippen molar-refractivity contribution in [1.82, 2.24) is 0 Å². The zero-order valence-corrected chi connectivity index (χ0v) is 15.9. The highest BCUT2D eigenvalue weighted by Crippen LogP contribution is 2.44. The van der Waals surface area contributed by atoms with Crippen molar-refractivity contribution in [3.63, 3.8) is 0 Å². The average Bonchev–Trinajstić information content (AvgIpc) is 2.54. The average molecular weight is 359 g/mol. The minimum absolute atomic E-state index is 0.104. The van der Waals surface area contributed by atoms with E-state index in [4.69, 9.17) is 11.6 Å². The summed E-state index contributed by atoms with van der Waals surface area (Å²) in [5, 5.41) is 0.641. The molecule has 0 saturated carbocycles. The second-order valence-electron chi connectivity index (χ2n) is 7.30. The van der Waals surface area contributed by atoms with Crippen LogP contribution in [0.3, 0.4) is 0 Å². The number of aliphatic imine (C=N–C) groups is 1. The number of para-hydroxylation sites is 1. The van der Waals surface area contributed by atoms with Crippen LogP contribution in [0.4, 0.5) is 15.8 Å².